The summed E-state index contributed by atoms with van der Waals surface area (Å²) in [5.74, 6) is 0.175. The van der Waals surface area contributed by atoms with Gasteiger partial charge in [0, 0.05) is 12.5 Å². The summed E-state index contributed by atoms with van der Waals surface area (Å²) in [6.45, 7) is 2.16. The maximum atomic E-state index is 12.1. The van der Waals surface area contributed by atoms with Crippen LogP contribution in [0.2, 0.25) is 0 Å². The summed E-state index contributed by atoms with van der Waals surface area (Å²) < 4.78 is 24.1. The van der Waals surface area contributed by atoms with E-state index in [-0.39, 0.29) is 17.6 Å². The van der Waals surface area contributed by atoms with Crippen LogP contribution in [-0.2, 0) is 14.6 Å². The van der Waals surface area contributed by atoms with Crippen LogP contribution in [0.4, 0.5) is 0 Å². The molecule has 0 bridgehead atoms. The zero-order chi connectivity index (χ0) is 15.1. The molecule has 1 aromatic rings. The van der Waals surface area contributed by atoms with Crippen molar-refractivity contribution in [3.63, 3.8) is 0 Å². The molecule has 0 aliphatic carbocycles. The summed E-state index contributed by atoms with van der Waals surface area (Å²) in [4.78, 5) is 12.2. The van der Waals surface area contributed by atoms with Gasteiger partial charge in [-0.3, -0.25) is 4.79 Å². The quantitative estimate of drug-likeness (QED) is 0.768. The number of piperidine rings is 1. The molecule has 0 spiro atoms. The second kappa shape index (κ2) is 7.56. The van der Waals surface area contributed by atoms with E-state index >= 15 is 0 Å². The average molecular weight is 310 g/mol. The molecule has 0 saturated carbocycles. The summed E-state index contributed by atoms with van der Waals surface area (Å²) in [7, 11) is -3.24. The first kappa shape index (κ1) is 16.0. The minimum absolute atomic E-state index is 0.0496. The Bertz CT molecular complexity index is 552. The third-order valence-electron chi connectivity index (χ3n) is 3.70. The van der Waals surface area contributed by atoms with Gasteiger partial charge in [0.1, 0.15) is 0 Å². The first-order chi connectivity index (χ1) is 10.1. The zero-order valence-electron chi connectivity index (χ0n) is 12.0. The summed E-state index contributed by atoms with van der Waals surface area (Å²) in [6.07, 6.45) is 2.15. The first-order valence-corrected chi connectivity index (χ1v) is 9.01. The van der Waals surface area contributed by atoms with Crippen molar-refractivity contribution in [3.05, 3.63) is 30.3 Å². The Kier molecular flexibility index (Phi) is 5.76. The highest BCUT2D eigenvalue weighted by molar-refractivity contribution is 7.91. The molecule has 2 N–H and O–H groups in total. The van der Waals surface area contributed by atoms with E-state index in [1.807, 2.05) is 0 Å². The van der Waals surface area contributed by atoms with Crippen LogP contribution in [0.1, 0.15) is 19.3 Å². The number of carbonyl (C=O) groups is 1. The molecule has 5 nitrogen and oxygen atoms in total. The molecule has 0 radical (unpaired) electrons. The van der Waals surface area contributed by atoms with Crippen molar-refractivity contribution in [1.29, 1.82) is 0 Å². The van der Waals surface area contributed by atoms with Crippen molar-refractivity contribution in [3.8, 4) is 0 Å². The SMILES string of the molecule is O=C(NCCCS(=O)(=O)c1ccccc1)C1CCNCC1. The molecule has 21 heavy (non-hydrogen) atoms. The molecule has 0 aromatic heterocycles. The molecule has 1 saturated heterocycles. The van der Waals surface area contributed by atoms with Crippen LogP contribution in [0.25, 0.3) is 0 Å². The molecule has 0 atom stereocenters. The highest BCUT2D eigenvalue weighted by Gasteiger charge is 2.20. The van der Waals surface area contributed by atoms with Gasteiger partial charge in [-0.15, -0.1) is 0 Å². The van der Waals surface area contributed by atoms with Crippen LogP contribution < -0.4 is 10.6 Å². The Hall–Kier alpha value is -1.40. The Morgan fingerprint density at radius 3 is 2.52 bits per heavy atom. The number of hydrogen-bond donors (Lipinski definition) is 2. The third-order valence-corrected chi connectivity index (χ3v) is 5.52. The average Bonchev–Trinajstić information content (AvgIpc) is 2.53. The molecule has 1 fully saturated rings. The Morgan fingerprint density at radius 2 is 1.86 bits per heavy atom. The third kappa shape index (κ3) is 4.82. The Morgan fingerprint density at radius 1 is 1.19 bits per heavy atom. The highest BCUT2D eigenvalue weighted by atomic mass is 32.2. The molecule has 1 amide bonds. The largest absolute Gasteiger partial charge is 0.356 e. The number of rotatable bonds is 6. The van der Waals surface area contributed by atoms with Crippen LogP contribution in [-0.4, -0.2) is 39.7 Å². The zero-order valence-corrected chi connectivity index (χ0v) is 12.9. The lowest BCUT2D eigenvalue weighted by molar-refractivity contribution is -0.125. The van der Waals surface area contributed by atoms with E-state index in [9.17, 15) is 13.2 Å². The van der Waals surface area contributed by atoms with E-state index in [1.165, 1.54) is 0 Å². The minimum atomic E-state index is -3.24. The van der Waals surface area contributed by atoms with Crippen LogP contribution in [0.3, 0.4) is 0 Å². The molecule has 1 aliphatic rings. The van der Waals surface area contributed by atoms with E-state index in [0.29, 0.717) is 17.9 Å². The summed E-state index contributed by atoms with van der Waals surface area (Å²) in [5, 5.41) is 6.06. The van der Waals surface area contributed by atoms with Crippen LogP contribution in [0.5, 0.6) is 0 Å². The highest BCUT2D eigenvalue weighted by Crippen LogP contribution is 2.12. The number of carbonyl (C=O) groups excluding carboxylic acids is 1. The van der Waals surface area contributed by atoms with E-state index in [1.54, 1.807) is 30.3 Å². The van der Waals surface area contributed by atoms with Crippen molar-refractivity contribution in [1.82, 2.24) is 10.6 Å². The van der Waals surface area contributed by atoms with Crippen LogP contribution >= 0.6 is 0 Å². The molecule has 1 aromatic carbocycles. The molecule has 1 heterocycles. The van der Waals surface area contributed by atoms with E-state index in [2.05, 4.69) is 10.6 Å². The second-order valence-electron chi connectivity index (χ2n) is 5.30. The van der Waals surface area contributed by atoms with Gasteiger partial charge >= 0.3 is 0 Å². The van der Waals surface area contributed by atoms with Crippen molar-refractivity contribution in [2.45, 2.75) is 24.2 Å². The van der Waals surface area contributed by atoms with Gasteiger partial charge in [0.15, 0.2) is 9.84 Å². The van der Waals surface area contributed by atoms with Crippen molar-refractivity contribution in [2.24, 2.45) is 5.92 Å². The van der Waals surface area contributed by atoms with Gasteiger partial charge in [-0.1, -0.05) is 18.2 Å². The van der Waals surface area contributed by atoms with E-state index < -0.39 is 9.84 Å². The van der Waals surface area contributed by atoms with Gasteiger partial charge in [-0.05, 0) is 44.5 Å². The maximum Gasteiger partial charge on any atom is 0.223 e. The van der Waals surface area contributed by atoms with E-state index in [4.69, 9.17) is 0 Å². The topological polar surface area (TPSA) is 75.3 Å². The number of sulfone groups is 1. The van der Waals surface area contributed by atoms with Gasteiger partial charge in [0.2, 0.25) is 5.91 Å². The summed E-state index contributed by atoms with van der Waals surface area (Å²) in [5.41, 5.74) is 0. The fourth-order valence-electron chi connectivity index (χ4n) is 2.45. The van der Waals surface area contributed by atoms with Gasteiger partial charge < -0.3 is 10.6 Å². The monoisotopic (exact) mass is 310 g/mol. The Balaban J connectivity index is 1.73. The second-order valence-corrected chi connectivity index (χ2v) is 7.41. The van der Waals surface area contributed by atoms with Crippen LogP contribution in [0.15, 0.2) is 35.2 Å². The molecular formula is C15H22N2O3S. The first-order valence-electron chi connectivity index (χ1n) is 7.36. The minimum Gasteiger partial charge on any atom is -0.356 e. The Labute approximate surface area is 126 Å². The number of benzene rings is 1. The summed E-state index contributed by atoms with van der Waals surface area (Å²) in [6, 6.07) is 8.42. The molecule has 2 rings (SSSR count). The molecule has 116 valence electrons. The number of amides is 1. The van der Waals surface area contributed by atoms with Crippen molar-refractivity contribution in [2.75, 3.05) is 25.4 Å². The van der Waals surface area contributed by atoms with Gasteiger partial charge in [0.25, 0.3) is 0 Å². The lowest BCUT2D eigenvalue weighted by Crippen LogP contribution is -2.38. The van der Waals surface area contributed by atoms with E-state index in [0.717, 1.165) is 25.9 Å². The predicted octanol–water partition coefficient (Wildman–Crippen LogP) is 0.966. The van der Waals surface area contributed by atoms with Gasteiger partial charge in [0.05, 0.1) is 10.6 Å². The molecule has 1 aliphatic heterocycles. The lowest BCUT2D eigenvalue weighted by Gasteiger charge is -2.21. The van der Waals surface area contributed by atoms with Crippen LogP contribution in [0, 0.1) is 5.92 Å². The van der Waals surface area contributed by atoms with Crippen molar-refractivity contribution >= 4 is 15.7 Å². The summed E-state index contributed by atoms with van der Waals surface area (Å²) >= 11 is 0. The smallest absolute Gasteiger partial charge is 0.223 e. The fraction of sp³-hybridized carbons (Fsp3) is 0.533. The van der Waals surface area contributed by atoms with Crippen molar-refractivity contribution < 1.29 is 13.2 Å². The fourth-order valence-corrected chi connectivity index (χ4v) is 3.78. The standard InChI is InChI=1S/C15H22N2O3S/c18-15(13-7-10-16-11-8-13)17-9-4-12-21(19,20)14-5-2-1-3-6-14/h1-3,5-6,13,16H,4,7-12H2,(H,17,18). The lowest BCUT2D eigenvalue weighted by atomic mass is 9.97. The number of hydrogen-bond acceptors (Lipinski definition) is 4. The normalized spacial score (nSPS) is 16.6. The predicted molar refractivity (Wildman–Crippen MR) is 81.7 cm³/mol. The molecular weight excluding hydrogens is 288 g/mol. The van der Waals surface area contributed by atoms with Gasteiger partial charge in [-0.25, -0.2) is 8.42 Å². The molecule has 6 heteroatoms. The van der Waals surface area contributed by atoms with Gasteiger partial charge in [-0.2, -0.15) is 0 Å². The maximum absolute atomic E-state index is 12.1. The molecule has 0 unspecified atom stereocenters. The number of nitrogens with one attached hydrogen (secondary N) is 2.